The minimum atomic E-state index is -5.41. The number of anilines is 1. The fraction of sp³-hybridized carbons (Fsp3) is 0.276. The second kappa shape index (κ2) is 15.3. The molecule has 0 fully saturated rings. The molecule has 0 bridgehead atoms. The van der Waals surface area contributed by atoms with E-state index in [2.05, 4.69) is 25.7 Å². The summed E-state index contributed by atoms with van der Waals surface area (Å²) in [6, 6.07) is 13.1. The molecule has 1 unspecified atom stereocenters. The summed E-state index contributed by atoms with van der Waals surface area (Å²) in [5.41, 5.74) is 0.794. The Morgan fingerprint density at radius 3 is 2.35 bits per heavy atom. The van der Waals surface area contributed by atoms with E-state index >= 15 is 0 Å². The molecule has 4 N–H and O–H groups in total. The van der Waals surface area contributed by atoms with Gasteiger partial charge in [-0.05, 0) is 54.3 Å². The summed E-state index contributed by atoms with van der Waals surface area (Å²) < 4.78 is 54.8. The summed E-state index contributed by atoms with van der Waals surface area (Å²) >= 11 is 0. The minimum absolute atomic E-state index is 0.0832. The van der Waals surface area contributed by atoms with E-state index in [-0.39, 0.29) is 23.3 Å². The third-order valence-corrected chi connectivity index (χ3v) is 5.97. The second-order valence-corrected chi connectivity index (χ2v) is 9.24. The maximum absolute atomic E-state index is 13.3. The van der Waals surface area contributed by atoms with Gasteiger partial charge in [-0.2, -0.15) is 13.2 Å². The summed E-state index contributed by atoms with van der Waals surface area (Å²) in [6.45, 7) is 0.0594. The zero-order chi connectivity index (χ0) is 31.4. The fourth-order valence-corrected chi connectivity index (χ4v) is 3.87. The number of halogens is 4. The fourth-order valence-electron chi connectivity index (χ4n) is 3.87. The lowest BCUT2D eigenvalue weighted by Crippen LogP contribution is -2.39. The van der Waals surface area contributed by atoms with Crippen molar-refractivity contribution in [3.05, 3.63) is 78.2 Å². The van der Waals surface area contributed by atoms with E-state index in [1.807, 2.05) is 6.07 Å². The minimum Gasteiger partial charge on any atom is -0.507 e. The van der Waals surface area contributed by atoms with Crippen LogP contribution < -0.4 is 16.0 Å². The Balaban J connectivity index is 1.59. The Morgan fingerprint density at radius 1 is 0.953 bits per heavy atom. The molecule has 0 aliphatic carbocycles. The van der Waals surface area contributed by atoms with Gasteiger partial charge >= 0.3 is 18.1 Å². The van der Waals surface area contributed by atoms with Gasteiger partial charge in [0.15, 0.2) is 0 Å². The Bertz CT molecular complexity index is 1420. The first-order valence-corrected chi connectivity index (χ1v) is 13.0. The van der Waals surface area contributed by atoms with Gasteiger partial charge in [-0.3, -0.25) is 14.4 Å². The number of ether oxygens (including phenoxy) is 1. The largest absolute Gasteiger partial charge is 0.507 e. The van der Waals surface area contributed by atoms with Crippen molar-refractivity contribution in [1.82, 2.24) is 15.6 Å². The molecule has 0 radical (unpaired) electrons. The van der Waals surface area contributed by atoms with E-state index < -0.39 is 54.8 Å². The zero-order valence-electron chi connectivity index (χ0n) is 22.6. The van der Waals surface area contributed by atoms with E-state index in [9.17, 15) is 41.8 Å². The van der Waals surface area contributed by atoms with E-state index in [1.54, 1.807) is 18.3 Å². The SMILES string of the molecule is O=C(CCCCNc1ccccn1)NCC(=O)NC(CC(=O)OC(=O)C(F)(F)F)c1ccc(-c2ccc(F)cc2)c(O)c1. The molecule has 1 heterocycles. The average Bonchev–Trinajstić information content (AvgIpc) is 2.96. The first-order chi connectivity index (χ1) is 20.4. The van der Waals surface area contributed by atoms with Crippen LogP contribution in [0.2, 0.25) is 0 Å². The van der Waals surface area contributed by atoms with Gasteiger partial charge in [-0.1, -0.05) is 30.3 Å². The van der Waals surface area contributed by atoms with Crippen LogP contribution >= 0.6 is 0 Å². The standard InChI is InChI=1S/C29H28F4N4O6/c30-20-10-7-18(8-11-20)21-12-9-19(15-23(21)38)22(16-27(41)43-28(42)29(31,32)33)37-26(40)17-36-25(39)6-2-4-14-35-24-5-1-3-13-34-24/h1,3,5,7-13,15,22,38H,2,4,6,14,16-17H2,(H,34,35)(H,36,39)(H,37,40). The number of esters is 2. The van der Waals surface area contributed by atoms with Crippen molar-refractivity contribution in [3.63, 3.8) is 0 Å². The molecule has 14 heteroatoms. The third-order valence-electron chi connectivity index (χ3n) is 5.97. The molecule has 1 atom stereocenters. The van der Waals surface area contributed by atoms with Crippen molar-refractivity contribution in [1.29, 1.82) is 0 Å². The van der Waals surface area contributed by atoms with E-state index in [0.717, 1.165) is 6.07 Å². The molecule has 3 rings (SSSR count). The number of amides is 2. The summed E-state index contributed by atoms with van der Waals surface area (Å²) in [5.74, 6) is -5.68. The van der Waals surface area contributed by atoms with Crippen molar-refractivity contribution in [3.8, 4) is 16.9 Å². The van der Waals surface area contributed by atoms with Crippen LogP contribution in [0.5, 0.6) is 5.75 Å². The van der Waals surface area contributed by atoms with Gasteiger partial charge in [0, 0.05) is 24.7 Å². The molecule has 0 saturated heterocycles. The molecule has 0 aliphatic rings. The number of pyridine rings is 1. The van der Waals surface area contributed by atoms with Crippen molar-refractivity contribution in [2.75, 3.05) is 18.4 Å². The molecule has 10 nitrogen and oxygen atoms in total. The molecule has 0 aliphatic heterocycles. The molecule has 228 valence electrons. The lowest BCUT2D eigenvalue weighted by Gasteiger charge is -2.20. The number of aromatic nitrogens is 1. The number of unbranched alkanes of at least 4 members (excludes halogenated alkanes) is 1. The lowest BCUT2D eigenvalue weighted by atomic mass is 9.98. The predicted octanol–water partition coefficient (Wildman–Crippen LogP) is 4.17. The monoisotopic (exact) mass is 604 g/mol. The lowest BCUT2D eigenvalue weighted by molar-refractivity contribution is -0.202. The third kappa shape index (κ3) is 10.7. The molecule has 0 saturated carbocycles. The van der Waals surface area contributed by atoms with Crippen molar-refractivity contribution in [2.45, 2.75) is 37.9 Å². The number of carbonyl (C=O) groups is 4. The molecular weight excluding hydrogens is 576 g/mol. The summed E-state index contributed by atoms with van der Waals surface area (Å²) in [4.78, 5) is 52.1. The molecule has 3 aromatic rings. The quantitative estimate of drug-likeness (QED) is 0.0984. The maximum atomic E-state index is 13.3. The van der Waals surface area contributed by atoms with Gasteiger partial charge in [0.1, 0.15) is 17.4 Å². The Labute approximate surface area is 243 Å². The van der Waals surface area contributed by atoms with Gasteiger partial charge < -0.3 is 25.8 Å². The average molecular weight is 605 g/mol. The molecule has 1 aromatic heterocycles. The van der Waals surface area contributed by atoms with Gasteiger partial charge in [-0.25, -0.2) is 14.2 Å². The maximum Gasteiger partial charge on any atom is 0.491 e. The van der Waals surface area contributed by atoms with Gasteiger partial charge in [-0.15, -0.1) is 0 Å². The molecule has 0 spiro atoms. The van der Waals surface area contributed by atoms with Crippen LogP contribution in [0.15, 0.2) is 66.9 Å². The van der Waals surface area contributed by atoms with E-state index in [1.165, 1.54) is 36.4 Å². The number of rotatable bonds is 13. The van der Waals surface area contributed by atoms with Gasteiger partial charge in [0.2, 0.25) is 11.8 Å². The van der Waals surface area contributed by atoms with Crippen LogP contribution in [-0.2, 0) is 23.9 Å². The Kier molecular flexibility index (Phi) is 11.6. The van der Waals surface area contributed by atoms with Crippen molar-refractivity contribution in [2.24, 2.45) is 0 Å². The number of phenols is 1. The molecular formula is C29H28F4N4O6. The van der Waals surface area contributed by atoms with Crippen LogP contribution in [-0.4, -0.2) is 53.1 Å². The smallest absolute Gasteiger partial charge is 0.491 e. The number of carbonyl (C=O) groups excluding carboxylic acids is 4. The van der Waals surface area contributed by atoms with Gasteiger partial charge in [0.25, 0.3) is 0 Å². The number of hydrogen-bond donors (Lipinski definition) is 4. The summed E-state index contributed by atoms with van der Waals surface area (Å²) in [5, 5.41) is 18.5. The highest BCUT2D eigenvalue weighted by molar-refractivity contribution is 5.89. The Hall–Kier alpha value is -5.01. The first-order valence-electron chi connectivity index (χ1n) is 13.0. The first kappa shape index (κ1) is 32.5. The topological polar surface area (TPSA) is 147 Å². The van der Waals surface area contributed by atoms with Crippen LogP contribution in [0.25, 0.3) is 11.1 Å². The molecule has 2 aromatic carbocycles. The van der Waals surface area contributed by atoms with Gasteiger partial charge in [0.05, 0.1) is 19.0 Å². The number of nitrogens with zero attached hydrogens (tertiary/aromatic N) is 1. The number of nitrogens with one attached hydrogen (secondary N) is 3. The van der Waals surface area contributed by atoms with Crippen LogP contribution in [0.3, 0.4) is 0 Å². The number of alkyl halides is 3. The molecule has 2 amide bonds. The number of benzene rings is 2. The number of phenolic OH excluding ortho intramolecular Hbond substituents is 1. The van der Waals surface area contributed by atoms with Crippen LogP contribution in [0, 0.1) is 5.82 Å². The van der Waals surface area contributed by atoms with Crippen LogP contribution in [0.1, 0.15) is 37.3 Å². The highest BCUT2D eigenvalue weighted by Gasteiger charge is 2.42. The normalized spacial score (nSPS) is 11.7. The predicted molar refractivity (Wildman–Crippen MR) is 146 cm³/mol. The van der Waals surface area contributed by atoms with Crippen molar-refractivity contribution < 1.29 is 46.6 Å². The number of aromatic hydroxyl groups is 1. The second-order valence-electron chi connectivity index (χ2n) is 9.24. The van der Waals surface area contributed by atoms with E-state index in [0.29, 0.717) is 30.8 Å². The summed E-state index contributed by atoms with van der Waals surface area (Å²) in [6.07, 6.45) is -3.40. The summed E-state index contributed by atoms with van der Waals surface area (Å²) in [7, 11) is 0. The van der Waals surface area contributed by atoms with E-state index in [4.69, 9.17) is 0 Å². The number of hydrogen-bond acceptors (Lipinski definition) is 8. The Morgan fingerprint density at radius 2 is 1.70 bits per heavy atom. The molecule has 43 heavy (non-hydrogen) atoms. The highest BCUT2D eigenvalue weighted by atomic mass is 19.4. The zero-order valence-corrected chi connectivity index (χ0v) is 22.6. The van der Waals surface area contributed by atoms with Crippen LogP contribution in [0.4, 0.5) is 23.4 Å². The highest BCUT2D eigenvalue weighted by Crippen LogP contribution is 2.32. The van der Waals surface area contributed by atoms with Crippen molar-refractivity contribution >= 4 is 29.6 Å².